The van der Waals surface area contributed by atoms with Crippen molar-refractivity contribution in [3.63, 3.8) is 0 Å². The second-order valence-corrected chi connectivity index (χ2v) is 5.88. The third-order valence-corrected chi connectivity index (χ3v) is 4.38. The molecule has 2 nitrogen and oxygen atoms in total. The maximum Gasteiger partial charge on any atom is 0.0623 e. The number of rotatable bonds is 3. The van der Waals surface area contributed by atoms with E-state index < -0.39 is 10.8 Å². The Labute approximate surface area is 110 Å². The molecule has 94 valence electrons. The fraction of sp³-hybridized carbons (Fsp3) is 0.200. The summed E-state index contributed by atoms with van der Waals surface area (Å²) in [6.45, 7) is 4.01. The summed E-state index contributed by atoms with van der Waals surface area (Å²) in [6.07, 6.45) is 0. The van der Waals surface area contributed by atoms with Gasteiger partial charge >= 0.3 is 0 Å². The van der Waals surface area contributed by atoms with Gasteiger partial charge in [0.25, 0.3) is 0 Å². The van der Waals surface area contributed by atoms with Crippen molar-refractivity contribution in [1.29, 1.82) is 0 Å². The smallest absolute Gasteiger partial charge is 0.0623 e. The first kappa shape index (κ1) is 12.8. The minimum absolute atomic E-state index is 0.514. The molecule has 0 amide bonds. The largest absolute Gasteiger partial charge is 0.398 e. The predicted octanol–water partition coefficient (Wildman–Crippen LogP) is 3.19. The van der Waals surface area contributed by atoms with Gasteiger partial charge in [0, 0.05) is 5.69 Å². The van der Waals surface area contributed by atoms with E-state index in [1.165, 1.54) is 0 Å². The molecule has 18 heavy (non-hydrogen) atoms. The molecule has 3 heteroatoms. The summed E-state index contributed by atoms with van der Waals surface area (Å²) in [4.78, 5) is 0.734. The van der Waals surface area contributed by atoms with Gasteiger partial charge in [0.15, 0.2) is 0 Å². The molecule has 0 aromatic heterocycles. The van der Waals surface area contributed by atoms with Crippen molar-refractivity contribution in [1.82, 2.24) is 0 Å². The Hall–Kier alpha value is -1.61. The van der Waals surface area contributed by atoms with Gasteiger partial charge in [-0.1, -0.05) is 30.3 Å². The molecular formula is C15H17NOS. The molecule has 0 radical (unpaired) electrons. The first-order chi connectivity index (χ1) is 8.58. The molecule has 0 saturated heterocycles. The zero-order valence-corrected chi connectivity index (χ0v) is 11.5. The summed E-state index contributed by atoms with van der Waals surface area (Å²) in [5.74, 6) is 0.514. The standard InChI is InChI=1S/C15H17NOS/c1-11-7-8-14(16)15(9-11)18(17)10-13-6-4-3-5-12(13)2/h3-9H,10,16H2,1-2H3. The van der Waals surface area contributed by atoms with Crippen LogP contribution in [-0.2, 0) is 16.6 Å². The Morgan fingerprint density at radius 1 is 1.11 bits per heavy atom. The molecule has 0 aliphatic carbocycles. The predicted molar refractivity (Wildman–Crippen MR) is 76.9 cm³/mol. The minimum atomic E-state index is -1.09. The molecule has 0 spiro atoms. The van der Waals surface area contributed by atoms with Crippen LogP contribution < -0.4 is 5.73 Å². The van der Waals surface area contributed by atoms with Crippen molar-refractivity contribution in [2.75, 3.05) is 5.73 Å². The average molecular weight is 259 g/mol. The van der Waals surface area contributed by atoms with Gasteiger partial charge in [-0.2, -0.15) is 0 Å². The van der Waals surface area contributed by atoms with Crippen LogP contribution in [0.2, 0.25) is 0 Å². The fourth-order valence-corrected chi connectivity index (χ4v) is 3.24. The lowest BCUT2D eigenvalue weighted by Crippen LogP contribution is -2.02. The summed E-state index contributed by atoms with van der Waals surface area (Å²) >= 11 is 0. The van der Waals surface area contributed by atoms with E-state index in [4.69, 9.17) is 5.73 Å². The third-order valence-electron chi connectivity index (χ3n) is 2.96. The highest BCUT2D eigenvalue weighted by molar-refractivity contribution is 7.84. The molecule has 2 N–H and O–H groups in total. The molecule has 1 atom stereocenters. The van der Waals surface area contributed by atoms with Crippen LogP contribution in [-0.4, -0.2) is 4.21 Å². The molecule has 0 aliphatic heterocycles. The normalized spacial score (nSPS) is 12.3. The third kappa shape index (κ3) is 2.79. The lowest BCUT2D eigenvalue weighted by Gasteiger charge is -2.08. The lowest BCUT2D eigenvalue weighted by atomic mass is 10.1. The highest BCUT2D eigenvalue weighted by Gasteiger charge is 2.10. The summed E-state index contributed by atoms with van der Waals surface area (Å²) in [5.41, 5.74) is 9.85. The summed E-state index contributed by atoms with van der Waals surface area (Å²) in [7, 11) is -1.09. The second kappa shape index (κ2) is 5.36. The molecule has 0 fully saturated rings. The van der Waals surface area contributed by atoms with Crippen LogP contribution in [0.3, 0.4) is 0 Å². The fourth-order valence-electron chi connectivity index (χ4n) is 1.83. The zero-order chi connectivity index (χ0) is 13.1. The Morgan fingerprint density at radius 2 is 1.83 bits per heavy atom. The van der Waals surface area contributed by atoms with Crippen LogP contribution in [0.25, 0.3) is 0 Å². The monoisotopic (exact) mass is 259 g/mol. The second-order valence-electron chi connectivity index (χ2n) is 4.46. The molecule has 1 unspecified atom stereocenters. The van der Waals surface area contributed by atoms with Crippen LogP contribution in [0, 0.1) is 13.8 Å². The van der Waals surface area contributed by atoms with Gasteiger partial charge in [-0.3, -0.25) is 4.21 Å². The Kier molecular flexibility index (Phi) is 3.82. The molecule has 2 aromatic rings. The number of nitrogens with two attached hydrogens (primary N) is 1. The zero-order valence-electron chi connectivity index (χ0n) is 10.6. The number of anilines is 1. The van der Waals surface area contributed by atoms with Crippen molar-refractivity contribution in [2.24, 2.45) is 0 Å². The summed E-state index contributed by atoms with van der Waals surface area (Å²) in [6, 6.07) is 13.7. The van der Waals surface area contributed by atoms with Crippen molar-refractivity contribution in [3.05, 3.63) is 59.2 Å². The van der Waals surface area contributed by atoms with Crippen molar-refractivity contribution >= 4 is 16.5 Å². The van der Waals surface area contributed by atoms with Crippen LogP contribution in [0.1, 0.15) is 16.7 Å². The molecular weight excluding hydrogens is 242 g/mol. The van der Waals surface area contributed by atoms with E-state index in [-0.39, 0.29) is 0 Å². The maximum absolute atomic E-state index is 12.4. The van der Waals surface area contributed by atoms with Crippen molar-refractivity contribution < 1.29 is 4.21 Å². The number of hydrogen-bond donors (Lipinski definition) is 1. The quantitative estimate of drug-likeness (QED) is 0.860. The highest BCUT2D eigenvalue weighted by Crippen LogP contribution is 2.21. The lowest BCUT2D eigenvalue weighted by molar-refractivity contribution is 0.682. The minimum Gasteiger partial charge on any atom is -0.398 e. The summed E-state index contributed by atoms with van der Waals surface area (Å²) < 4.78 is 12.4. The molecule has 0 aliphatic rings. The molecule has 0 bridgehead atoms. The molecule has 2 aromatic carbocycles. The van der Waals surface area contributed by atoms with E-state index in [9.17, 15) is 4.21 Å². The van der Waals surface area contributed by atoms with Gasteiger partial charge in [0.2, 0.25) is 0 Å². The molecule has 0 heterocycles. The van der Waals surface area contributed by atoms with Gasteiger partial charge in [-0.15, -0.1) is 0 Å². The van der Waals surface area contributed by atoms with Crippen molar-refractivity contribution in [3.8, 4) is 0 Å². The van der Waals surface area contributed by atoms with E-state index >= 15 is 0 Å². The van der Waals surface area contributed by atoms with Crippen LogP contribution in [0.15, 0.2) is 47.4 Å². The number of nitrogen functional groups attached to an aromatic ring is 1. The van der Waals surface area contributed by atoms with Crippen LogP contribution in [0.4, 0.5) is 5.69 Å². The first-order valence-corrected chi connectivity index (χ1v) is 7.19. The van der Waals surface area contributed by atoms with Gasteiger partial charge in [0.1, 0.15) is 0 Å². The van der Waals surface area contributed by atoms with Gasteiger partial charge in [-0.25, -0.2) is 0 Å². The van der Waals surface area contributed by atoms with Crippen molar-refractivity contribution in [2.45, 2.75) is 24.5 Å². The summed E-state index contributed by atoms with van der Waals surface area (Å²) in [5, 5.41) is 0. The van der Waals surface area contributed by atoms with E-state index in [0.717, 1.165) is 21.6 Å². The van der Waals surface area contributed by atoms with E-state index in [0.29, 0.717) is 11.4 Å². The SMILES string of the molecule is Cc1ccc(N)c(S(=O)Cc2ccccc2C)c1. The maximum atomic E-state index is 12.4. The molecule has 2 rings (SSSR count). The molecule has 0 saturated carbocycles. The van der Waals surface area contributed by atoms with Gasteiger partial charge < -0.3 is 5.73 Å². The Balaban J connectivity index is 2.28. The Morgan fingerprint density at radius 3 is 2.56 bits per heavy atom. The van der Waals surface area contributed by atoms with E-state index in [1.807, 2.05) is 56.3 Å². The number of hydrogen-bond acceptors (Lipinski definition) is 2. The van der Waals surface area contributed by atoms with Gasteiger partial charge in [-0.05, 0) is 42.7 Å². The first-order valence-electron chi connectivity index (χ1n) is 5.87. The number of aryl methyl sites for hydroxylation is 2. The topological polar surface area (TPSA) is 43.1 Å². The van der Waals surface area contributed by atoms with Crippen LogP contribution >= 0.6 is 0 Å². The van der Waals surface area contributed by atoms with Gasteiger partial charge in [0.05, 0.1) is 21.4 Å². The van der Waals surface area contributed by atoms with Crippen LogP contribution in [0.5, 0.6) is 0 Å². The average Bonchev–Trinajstić information content (AvgIpc) is 2.35. The highest BCUT2D eigenvalue weighted by atomic mass is 32.2. The van der Waals surface area contributed by atoms with E-state index in [2.05, 4.69) is 0 Å². The number of benzene rings is 2. The Bertz CT molecular complexity index is 593. The van der Waals surface area contributed by atoms with E-state index in [1.54, 1.807) is 0 Å².